The summed E-state index contributed by atoms with van der Waals surface area (Å²) in [5, 5.41) is 0. The molecule has 1 saturated heterocycles. The van der Waals surface area contributed by atoms with Crippen LogP contribution in [0.2, 0.25) is 0 Å². The van der Waals surface area contributed by atoms with Gasteiger partial charge in [0, 0.05) is 5.56 Å². The van der Waals surface area contributed by atoms with E-state index in [-0.39, 0.29) is 5.92 Å². The van der Waals surface area contributed by atoms with E-state index >= 15 is 0 Å². The molecule has 21 heavy (non-hydrogen) atoms. The summed E-state index contributed by atoms with van der Waals surface area (Å²) in [6.07, 6.45) is 0. The minimum Gasteiger partial charge on any atom is -0.466 e. The van der Waals surface area contributed by atoms with Gasteiger partial charge in [-0.2, -0.15) is 0 Å². The Balaban J connectivity index is 2.82. The lowest BCUT2D eigenvalue weighted by Gasteiger charge is -2.13. The highest BCUT2D eigenvalue weighted by atomic mass is 16.6. The van der Waals surface area contributed by atoms with Gasteiger partial charge in [-0.25, -0.2) is 9.59 Å². The molecular weight excluding hydrogens is 268 g/mol. The average molecular weight is 288 g/mol. The van der Waals surface area contributed by atoms with Crippen molar-refractivity contribution in [3.63, 3.8) is 0 Å². The molecule has 0 atom stereocenters. The van der Waals surface area contributed by atoms with Crippen molar-refractivity contribution in [3.8, 4) is 0 Å². The van der Waals surface area contributed by atoms with E-state index in [2.05, 4.69) is 0 Å². The maximum Gasteiger partial charge on any atom is 0.347 e. The second-order valence-electron chi connectivity index (χ2n) is 5.82. The van der Waals surface area contributed by atoms with Crippen LogP contribution in [-0.2, 0) is 14.3 Å². The zero-order valence-corrected chi connectivity index (χ0v) is 13.3. The van der Waals surface area contributed by atoms with Crippen molar-refractivity contribution < 1.29 is 18.7 Å². The first kappa shape index (κ1) is 15.3. The van der Waals surface area contributed by atoms with Crippen molar-refractivity contribution >= 4 is 17.5 Å². The van der Waals surface area contributed by atoms with Crippen molar-refractivity contribution in [2.45, 2.75) is 41.5 Å². The number of aryl methyl sites for hydroxylation is 2. The third-order valence-electron chi connectivity index (χ3n) is 3.52. The van der Waals surface area contributed by atoms with Crippen molar-refractivity contribution in [1.29, 1.82) is 0 Å². The SMILES string of the molecule is CC(C)=C1C(=O)OC(=O)/C1=C(\c1cc(C)oc1C)C(C)C. The van der Waals surface area contributed by atoms with Gasteiger partial charge in [-0.1, -0.05) is 19.4 Å². The Labute approximate surface area is 124 Å². The van der Waals surface area contributed by atoms with E-state index < -0.39 is 11.9 Å². The minimum absolute atomic E-state index is 0.0588. The first-order valence-corrected chi connectivity index (χ1v) is 7.00. The second kappa shape index (κ2) is 5.35. The summed E-state index contributed by atoms with van der Waals surface area (Å²) >= 11 is 0. The highest BCUT2D eigenvalue weighted by molar-refractivity contribution is 6.22. The fourth-order valence-corrected chi connectivity index (χ4v) is 2.72. The van der Waals surface area contributed by atoms with Crippen molar-refractivity contribution in [2.75, 3.05) is 0 Å². The lowest BCUT2D eigenvalue weighted by atomic mass is 9.87. The Morgan fingerprint density at radius 1 is 1.05 bits per heavy atom. The molecule has 4 nitrogen and oxygen atoms in total. The highest BCUT2D eigenvalue weighted by Crippen LogP contribution is 2.38. The summed E-state index contributed by atoms with van der Waals surface area (Å²) in [4.78, 5) is 24.1. The molecule has 0 amide bonds. The van der Waals surface area contributed by atoms with E-state index in [4.69, 9.17) is 9.15 Å². The number of carbonyl (C=O) groups excluding carboxylic acids is 2. The van der Waals surface area contributed by atoms with Gasteiger partial charge in [0.05, 0.1) is 11.1 Å². The molecule has 0 N–H and O–H groups in total. The van der Waals surface area contributed by atoms with Crippen LogP contribution in [0, 0.1) is 19.8 Å². The number of cyclic esters (lactones) is 2. The Kier molecular flexibility index (Phi) is 3.90. The topological polar surface area (TPSA) is 56.5 Å². The first-order valence-electron chi connectivity index (χ1n) is 7.00. The Bertz CT molecular complexity index is 680. The molecule has 2 rings (SSSR count). The van der Waals surface area contributed by atoms with Crippen LogP contribution in [-0.4, -0.2) is 11.9 Å². The molecule has 0 bridgehead atoms. The molecule has 1 aromatic heterocycles. The first-order chi connectivity index (χ1) is 9.73. The van der Waals surface area contributed by atoms with Gasteiger partial charge in [0.25, 0.3) is 0 Å². The third-order valence-corrected chi connectivity index (χ3v) is 3.52. The Morgan fingerprint density at radius 2 is 1.62 bits per heavy atom. The van der Waals surface area contributed by atoms with Crippen LogP contribution < -0.4 is 0 Å². The molecule has 2 heterocycles. The molecule has 112 valence electrons. The Morgan fingerprint density at radius 3 is 2.05 bits per heavy atom. The third kappa shape index (κ3) is 2.58. The maximum absolute atomic E-state index is 12.2. The quantitative estimate of drug-likeness (QED) is 0.473. The molecule has 0 aromatic carbocycles. The van der Waals surface area contributed by atoms with E-state index in [1.165, 1.54) is 0 Å². The van der Waals surface area contributed by atoms with Crippen LogP contribution in [0.15, 0.2) is 27.2 Å². The molecule has 0 radical (unpaired) electrons. The van der Waals surface area contributed by atoms with Gasteiger partial charge in [-0.05, 0) is 45.3 Å². The van der Waals surface area contributed by atoms with Crippen molar-refractivity contribution in [1.82, 2.24) is 0 Å². The molecule has 1 aliphatic heterocycles. The van der Waals surface area contributed by atoms with Crippen LogP contribution in [0.3, 0.4) is 0 Å². The molecule has 1 aromatic rings. The minimum atomic E-state index is -0.571. The summed E-state index contributed by atoms with van der Waals surface area (Å²) in [5.41, 5.74) is 3.19. The average Bonchev–Trinajstić information content (AvgIpc) is 2.80. The number of rotatable bonds is 2. The van der Waals surface area contributed by atoms with Gasteiger partial charge in [0.15, 0.2) is 0 Å². The van der Waals surface area contributed by atoms with Crippen molar-refractivity contribution in [2.24, 2.45) is 5.92 Å². The summed E-state index contributed by atoms with van der Waals surface area (Å²) < 4.78 is 10.4. The van der Waals surface area contributed by atoms with E-state index in [0.717, 1.165) is 28.2 Å². The molecule has 0 aliphatic carbocycles. The molecule has 0 unspecified atom stereocenters. The molecule has 1 fully saturated rings. The van der Waals surface area contributed by atoms with Crippen LogP contribution >= 0.6 is 0 Å². The van der Waals surface area contributed by atoms with Crippen LogP contribution in [0.5, 0.6) is 0 Å². The number of ether oxygens (including phenoxy) is 1. The van der Waals surface area contributed by atoms with Crippen molar-refractivity contribution in [3.05, 3.63) is 39.9 Å². The number of allylic oxidation sites excluding steroid dienone is 2. The van der Waals surface area contributed by atoms with Crippen LogP contribution in [0.25, 0.3) is 5.57 Å². The fraction of sp³-hybridized carbons (Fsp3) is 0.412. The van der Waals surface area contributed by atoms with Gasteiger partial charge in [0.2, 0.25) is 0 Å². The number of carbonyl (C=O) groups is 2. The number of esters is 2. The fourth-order valence-electron chi connectivity index (χ4n) is 2.72. The maximum atomic E-state index is 12.2. The van der Waals surface area contributed by atoms with Gasteiger partial charge in [-0.15, -0.1) is 0 Å². The zero-order valence-electron chi connectivity index (χ0n) is 13.3. The predicted molar refractivity (Wildman–Crippen MR) is 79.4 cm³/mol. The van der Waals surface area contributed by atoms with Crippen LogP contribution in [0.4, 0.5) is 0 Å². The van der Waals surface area contributed by atoms with Gasteiger partial charge >= 0.3 is 11.9 Å². The lowest BCUT2D eigenvalue weighted by Crippen LogP contribution is -2.06. The largest absolute Gasteiger partial charge is 0.466 e. The molecule has 4 heteroatoms. The lowest BCUT2D eigenvalue weighted by molar-refractivity contribution is -0.149. The van der Waals surface area contributed by atoms with E-state index in [9.17, 15) is 9.59 Å². The van der Waals surface area contributed by atoms with Gasteiger partial charge in [0.1, 0.15) is 11.5 Å². The molecule has 1 aliphatic rings. The standard InChI is InChI=1S/C17H20O4/c1-8(2)13(12-7-10(5)20-11(12)6)15-14(9(3)4)16(18)21-17(15)19/h7-8H,1-6H3/b15-13-. The van der Waals surface area contributed by atoms with E-state index in [1.54, 1.807) is 13.8 Å². The highest BCUT2D eigenvalue weighted by Gasteiger charge is 2.38. The summed E-state index contributed by atoms with van der Waals surface area (Å²) in [6, 6.07) is 1.90. The summed E-state index contributed by atoms with van der Waals surface area (Å²) in [5.74, 6) is 0.439. The smallest absolute Gasteiger partial charge is 0.347 e. The number of furan rings is 1. The summed E-state index contributed by atoms with van der Waals surface area (Å²) in [7, 11) is 0. The van der Waals surface area contributed by atoms with Gasteiger partial charge in [-0.3, -0.25) is 0 Å². The molecular formula is C17H20O4. The van der Waals surface area contributed by atoms with Crippen LogP contribution in [0.1, 0.15) is 44.8 Å². The molecule has 0 spiro atoms. The van der Waals surface area contributed by atoms with E-state index in [0.29, 0.717) is 11.1 Å². The monoisotopic (exact) mass is 288 g/mol. The predicted octanol–water partition coefficient (Wildman–Crippen LogP) is 3.73. The molecule has 0 saturated carbocycles. The Hall–Kier alpha value is -2.10. The number of hydrogen-bond acceptors (Lipinski definition) is 4. The van der Waals surface area contributed by atoms with Gasteiger partial charge < -0.3 is 9.15 Å². The van der Waals surface area contributed by atoms with E-state index in [1.807, 2.05) is 33.8 Å². The number of hydrogen-bond donors (Lipinski definition) is 0. The summed E-state index contributed by atoms with van der Waals surface area (Å²) in [6.45, 7) is 11.3. The second-order valence-corrected chi connectivity index (χ2v) is 5.82. The normalized spacial score (nSPS) is 17.6. The zero-order chi connectivity index (χ0) is 15.9.